The third kappa shape index (κ3) is 3.21. The summed E-state index contributed by atoms with van der Waals surface area (Å²) >= 11 is 0. The van der Waals surface area contributed by atoms with Gasteiger partial charge in [-0.25, -0.2) is 4.98 Å². The first-order valence-electron chi connectivity index (χ1n) is 6.45. The van der Waals surface area contributed by atoms with Crippen molar-refractivity contribution in [3.8, 4) is 11.9 Å². The highest BCUT2D eigenvalue weighted by atomic mass is 16.5. The van der Waals surface area contributed by atoms with Crippen molar-refractivity contribution in [3.05, 3.63) is 23.9 Å². The molecule has 0 bridgehead atoms. The molecule has 0 saturated heterocycles. The fourth-order valence-electron chi connectivity index (χ4n) is 2.45. The van der Waals surface area contributed by atoms with E-state index in [-0.39, 0.29) is 5.92 Å². The molecule has 0 amide bonds. The second-order valence-electron chi connectivity index (χ2n) is 4.71. The minimum atomic E-state index is 0.155. The van der Waals surface area contributed by atoms with Crippen LogP contribution in [-0.2, 0) is 6.54 Å². The molecule has 18 heavy (non-hydrogen) atoms. The topological polar surface area (TPSA) is 57.9 Å². The van der Waals surface area contributed by atoms with E-state index in [1.807, 2.05) is 12.1 Å². The third-order valence-corrected chi connectivity index (χ3v) is 3.51. The van der Waals surface area contributed by atoms with Crippen LogP contribution in [0.4, 0.5) is 0 Å². The molecule has 1 aromatic heterocycles. The van der Waals surface area contributed by atoms with Crippen LogP contribution in [0.1, 0.15) is 31.2 Å². The van der Waals surface area contributed by atoms with Crippen molar-refractivity contribution in [1.82, 2.24) is 10.3 Å². The summed E-state index contributed by atoms with van der Waals surface area (Å²) in [5.41, 5.74) is 1.14. The van der Waals surface area contributed by atoms with Crippen molar-refractivity contribution in [3.63, 3.8) is 0 Å². The molecule has 1 aliphatic carbocycles. The van der Waals surface area contributed by atoms with E-state index < -0.39 is 0 Å². The Bertz CT molecular complexity index is 427. The summed E-state index contributed by atoms with van der Waals surface area (Å²) in [6.07, 6.45) is 6.27. The molecule has 0 aliphatic heterocycles. The molecule has 1 heterocycles. The van der Waals surface area contributed by atoms with Crippen LogP contribution in [0.3, 0.4) is 0 Å². The molecule has 0 aromatic carbocycles. The Morgan fingerprint density at radius 2 is 2.33 bits per heavy atom. The maximum atomic E-state index is 9.12. The first kappa shape index (κ1) is 12.8. The Morgan fingerprint density at radius 1 is 1.50 bits per heavy atom. The number of ether oxygens (including phenoxy) is 1. The quantitative estimate of drug-likeness (QED) is 0.884. The SMILES string of the molecule is COc1cc(CNC2CCCCC2C#N)ccn1. The lowest BCUT2D eigenvalue weighted by Crippen LogP contribution is -2.37. The average molecular weight is 245 g/mol. The molecule has 2 rings (SSSR count). The number of nitrogens with zero attached hydrogens (tertiary/aromatic N) is 2. The zero-order valence-corrected chi connectivity index (χ0v) is 10.7. The van der Waals surface area contributed by atoms with E-state index >= 15 is 0 Å². The summed E-state index contributed by atoms with van der Waals surface area (Å²) in [5, 5.41) is 12.6. The standard InChI is InChI=1S/C14H19N3O/c1-18-14-8-11(6-7-16-14)10-17-13-5-3-2-4-12(13)9-15/h6-8,12-13,17H,2-5,10H2,1H3. The number of rotatable bonds is 4. The molecule has 0 radical (unpaired) electrons. The molecule has 2 unspecified atom stereocenters. The van der Waals surface area contributed by atoms with E-state index in [4.69, 9.17) is 10.00 Å². The lowest BCUT2D eigenvalue weighted by Gasteiger charge is -2.27. The number of aromatic nitrogens is 1. The van der Waals surface area contributed by atoms with Gasteiger partial charge in [-0.1, -0.05) is 12.8 Å². The van der Waals surface area contributed by atoms with Crippen molar-refractivity contribution in [2.75, 3.05) is 7.11 Å². The van der Waals surface area contributed by atoms with Gasteiger partial charge in [-0.15, -0.1) is 0 Å². The van der Waals surface area contributed by atoms with Crippen LogP contribution in [-0.4, -0.2) is 18.1 Å². The van der Waals surface area contributed by atoms with Gasteiger partial charge in [0.2, 0.25) is 5.88 Å². The zero-order valence-electron chi connectivity index (χ0n) is 10.7. The van der Waals surface area contributed by atoms with Gasteiger partial charge in [0.15, 0.2) is 0 Å². The second-order valence-corrected chi connectivity index (χ2v) is 4.71. The average Bonchev–Trinajstić information content (AvgIpc) is 2.45. The Morgan fingerprint density at radius 3 is 3.11 bits per heavy atom. The fraction of sp³-hybridized carbons (Fsp3) is 0.571. The van der Waals surface area contributed by atoms with Crippen molar-refractivity contribution in [2.24, 2.45) is 5.92 Å². The van der Waals surface area contributed by atoms with E-state index in [1.165, 1.54) is 12.8 Å². The Labute approximate surface area is 108 Å². The lowest BCUT2D eigenvalue weighted by molar-refractivity contribution is 0.311. The zero-order chi connectivity index (χ0) is 12.8. The van der Waals surface area contributed by atoms with Crippen LogP contribution >= 0.6 is 0 Å². The van der Waals surface area contributed by atoms with E-state index in [0.29, 0.717) is 11.9 Å². The number of nitriles is 1. The predicted molar refractivity (Wildman–Crippen MR) is 69.0 cm³/mol. The summed E-state index contributed by atoms with van der Waals surface area (Å²) in [6, 6.07) is 6.64. The molecule has 1 N–H and O–H groups in total. The van der Waals surface area contributed by atoms with E-state index in [0.717, 1.165) is 24.9 Å². The number of methoxy groups -OCH3 is 1. The van der Waals surface area contributed by atoms with Gasteiger partial charge in [0.05, 0.1) is 19.1 Å². The van der Waals surface area contributed by atoms with Gasteiger partial charge < -0.3 is 10.1 Å². The second kappa shape index (κ2) is 6.36. The minimum absolute atomic E-state index is 0.155. The molecule has 1 aromatic rings. The maximum Gasteiger partial charge on any atom is 0.213 e. The van der Waals surface area contributed by atoms with Crippen LogP contribution in [0, 0.1) is 17.2 Å². The van der Waals surface area contributed by atoms with Crippen LogP contribution in [0.2, 0.25) is 0 Å². The normalized spacial score (nSPS) is 23.3. The molecule has 4 nitrogen and oxygen atoms in total. The van der Waals surface area contributed by atoms with Gasteiger partial charge in [0.1, 0.15) is 0 Å². The molecule has 4 heteroatoms. The molecule has 0 spiro atoms. The van der Waals surface area contributed by atoms with E-state index in [2.05, 4.69) is 16.4 Å². The summed E-state index contributed by atoms with van der Waals surface area (Å²) in [4.78, 5) is 4.08. The van der Waals surface area contributed by atoms with Gasteiger partial charge in [-0.05, 0) is 24.5 Å². The minimum Gasteiger partial charge on any atom is -0.481 e. The maximum absolute atomic E-state index is 9.12. The number of hydrogen-bond acceptors (Lipinski definition) is 4. The smallest absolute Gasteiger partial charge is 0.213 e. The molecule has 96 valence electrons. The third-order valence-electron chi connectivity index (χ3n) is 3.51. The van der Waals surface area contributed by atoms with Crippen LogP contribution in [0.25, 0.3) is 0 Å². The summed E-state index contributed by atoms with van der Waals surface area (Å²) in [7, 11) is 1.62. The van der Waals surface area contributed by atoms with Gasteiger partial charge >= 0.3 is 0 Å². The monoisotopic (exact) mass is 245 g/mol. The number of pyridine rings is 1. The molecule has 1 aliphatic rings. The van der Waals surface area contributed by atoms with E-state index in [1.54, 1.807) is 13.3 Å². The molecular formula is C14H19N3O. The van der Waals surface area contributed by atoms with E-state index in [9.17, 15) is 0 Å². The Kier molecular flexibility index (Phi) is 4.54. The Balaban J connectivity index is 1.91. The fourth-order valence-corrected chi connectivity index (χ4v) is 2.45. The summed E-state index contributed by atoms with van der Waals surface area (Å²) in [6.45, 7) is 0.766. The predicted octanol–water partition coefficient (Wildman–Crippen LogP) is 2.26. The number of nitrogens with one attached hydrogen (secondary N) is 1. The van der Waals surface area contributed by atoms with Gasteiger partial charge in [-0.3, -0.25) is 0 Å². The molecule has 1 saturated carbocycles. The molecule has 1 fully saturated rings. The highest BCUT2D eigenvalue weighted by Gasteiger charge is 2.24. The number of hydrogen-bond donors (Lipinski definition) is 1. The van der Waals surface area contributed by atoms with Crippen molar-refractivity contribution in [1.29, 1.82) is 5.26 Å². The summed E-state index contributed by atoms with van der Waals surface area (Å²) < 4.78 is 5.10. The van der Waals surface area contributed by atoms with Crippen molar-refractivity contribution >= 4 is 0 Å². The highest BCUT2D eigenvalue weighted by Crippen LogP contribution is 2.24. The van der Waals surface area contributed by atoms with Crippen LogP contribution < -0.4 is 10.1 Å². The van der Waals surface area contributed by atoms with Crippen molar-refractivity contribution in [2.45, 2.75) is 38.3 Å². The van der Waals surface area contributed by atoms with Crippen LogP contribution in [0.5, 0.6) is 5.88 Å². The Hall–Kier alpha value is -1.60. The van der Waals surface area contributed by atoms with Gasteiger partial charge in [0.25, 0.3) is 0 Å². The molecule has 2 atom stereocenters. The molecular weight excluding hydrogens is 226 g/mol. The first-order valence-corrected chi connectivity index (χ1v) is 6.45. The lowest BCUT2D eigenvalue weighted by atomic mass is 9.85. The van der Waals surface area contributed by atoms with Crippen molar-refractivity contribution < 1.29 is 4.74 Å². The summed E-state index contributed by atoms with van der Waals surface area (Å²) in [5.74, 6) is 0.789. The largest absolute Gasteiger partial charge is 0.481 e. The first-order chi connectivity index (χ1) is 8.83. The van der Waals surface area contributed by atoms with Gasteiger partial charge in [-0.2, -0.15) is 5.26 Å². The van der Waals surface area contributed by atoms with Gasteiger partial charge in [0, 0.05) is 24.8 Å². The van der Waals surface area contributed by atoms with Crippen LogP contribution in [0.15, 0.2) is 18.3 Å². The highest BCUT2D eigenvalue weighted by molar-refractivity contribution is 5.20.